The van der Waals surface area contributed by atoms with E-state index in [1.54, 1.807) is 42.5 Å². The number of hydrogen-bond donors (Lipinski definition) is 1. The number of amides is 1. The summed E-state index contributed by atoms with van der Waals surface area (Å²) in [5.74, 6) is -0.560. The zero-order valence-corrected chi connectivity index (χ0v) is 20.1. The highest BCUT2D eigenvalue weighted by Crippen LogP contribution is 2.41. The highest BCUT2D eigenvalue weighted by atomic mass is 35.5. The largest absolute Gasteiger partial charge is 0.507 e. The van der Waals surface area contributed by atoms with Crippen molar-refractivity contribution in [3.05, 3.63) is 64.2 Å². The van der Waals surface area contributed by atoms with Crippen LogP contribution in [0.4, 0.5) is 0 Å². The van der Waals surface area contributed by atoms with Gasteiger partial charge in [0.25, 0.3) is 11.7 Å². The first-order valence-electron chi connectivity index (χ1n) is 10.8. The lowest BCUT2D eigenvalue weighted by Gasteiger charge is -2.26. The number of hydrogen-bond acceptors (Lipinski definition) is 6. The quantitative estimate of drug-likeness (QED) is 0.336. The maximum Gasteiger partial charge on any atom is 0.295 e. The number of benzene rings is 2. The first-order valence-corrected chi connectivity index (χ1v) is 11.2. The van der Waals surface area contributed by atoms with Crippen molar-refractivity contribution >= 4 is 29.1 Å². The molecule has 0 saturated carbocycles. The maximum atomic E-state index is 13.1. The van der Waals surface area contributed by atoms with Gasteiger partial charge >= 0.3 is 0 Å². The third-order valence-electron chi connectivity index (χ3n) is 5.48. The Labute approximate surface area is 199 Å². The second kappa shape index (κ2) is 10.7. The van der Waals surface area contributed by atoms with Gasteiger partial charge in [0.1, 0.15) is 17.3 Å². The standard InChI is InChI=1S/C25H29ClN2O5/c1-5-33-17-9-7-16(8-10-17)22-21(23(29)19-15-18(32-4)11-12-20(19)26)24(30)25(31)28(22)14-6-13-27(2)3/h7-12,15,22,29H,5-6,13-14H2,1-4H3/b23-21+. The molecule has 0 aliphatic carbocycles. The van der Waals surface area contributed by atoms with Crippen LogP contribution in [-0.4, -0.2) is 67.5 Å². The molecule has 33 heavy (non-hydrogen) atoms. The van der Waals surface area contributed by atoms with E-state index in [9.17, 15) is 14.7 Å². The van der Waals surface area contributed by atoms with E-state index in [1.807, 2.05) is 25.9 Å². The molecule has 8 heteroatoms. The monoisotopic (exact) mass is 472 g/mol. The van der Waals surface area contributed by atoms with E-state index >= 15 is 0 Å². The molecule has 2 aromatic carbocycles. The predicted octanol–water partition coefficient (Wildman–Crippen LogP) is 4.12. The minimum Gasteiger partial charge on any atom is -0.507 e. The Kier molecular flexibility index (Phi) is 8.00. The van der Waals surface area contributed by atoms with Gasteiger partial charge in [0.15, 0.2) is 0 Å². The number of ketones is 1. The predicted molar refractivity (Wildman–Crippen MR) is 128 cm³/mol. The van der Waals surface area contributed by atoms with Crippen LogP contribution in [0, 0.1) is 0 Å². The summed E-state index contributed by atoms with van der Waals surface area (Å²) < 4.78 is 10.8. The molecule has 1 fully saturated rings. The second-order valence-electron chi connectivity index (χ2n) is 8.00. The minimum absolute atomic E-state index is 0.00386. The van der Waals surface area contributed by atoms with Gasteiger partial charge in [0, 0.05) is 12.1 Å². The molecular formula is C25H29ClN2O5. The van der Waals surface area contributed by atoms with E-state index in [4.69, 9.17) is 21.1 Å². The van der Waals surface area contributed by atoms with Gasteiger partial charge in [-0.3, -0.25) is 9.59 Å². The number of aliphatic hydroxyl groups is 1. The summed E-state index contributed by atoms with van der Waals surface area (Å²) in [6, 6.07) is 11.2. The summed E-state index contributed by atoms with van der Waals surface area (Å²) in [7, 11) is 5.39. The minimum atomic E-state index is -0.745. The van der Waals surface area contributed by atoms with Crippen molar-refractivity contribution in [3.63, 3.8) is 0 Å². The van der Waals surface area contributed by atoms with Gasteiger partial charge in [0.2, 0.25) is 0 Å². The van der Waals surface area contributed by atoms with E-state index in [-0.39, 0.29) is 21.9 Å². The maximum absolute atomic E-state index is 13.1. The Hall–Kier alpha value is -3.03. The van der Waals surface area contributed by atoms with Gasteiger partial charge in [-0.25, -0.2) is 0 Å². The average Bonchev–Trinajstić information content (AvgIpc) is 3.04. The van der Waals surface area contributed by atoms with Crippen molar-refractivity contribution in [2.75, 3.05) is 40.9 Å². The van der Waals surface area contributed by atoms with E-state index in [0.717, 1.165) is 6.54 Å². The lowest BCUT2D eigenvalue weighted by atomic mass is 9.95. The van der Waals surface area contributed by atoms with Gasteiger partial charge in [-0.2, -0.15) is 0 Å². The smallest absolute Gasteiger partial charge is 0.295 e. The van der Waals surface area contributed by atoms with Crippen molar-refractivity contribution in [2.24, 2.45) is 0 Å². The number of aliphatic hydroxyl groups excluding tert-OH is 1. The number of methoxy groups -OCH3 is 1. The Morgan fingerprint density at radius 1 is 1.12 bits per heavy atom. The van der Waals surface area contributed by atoms with Gasteiger partial charge in [0.05, 0.1) is 30.4 Å². The number of nitrogens with zero attached hydrogens (tertiary/aromatic N) is 2. The fourth-order valence-corrected chi connectivity index (χ4v) is 4.09. The lowest BCUT2D eigenvalue weighted by molar-refractivity contribution is -0.139. The van der Waals surface area contributed by atoms with Crippen LogP contribution in [-0.2, 0) is 9.59 Å². The summed E-state index contributed by atoms with van der Waals surface area (Å²) in [5.41, 5.74) is 0.936. The summed E-state index contributed by atoms with van der Waals surface area (Å²) in [6.07, 6.45) is 0.674. The SMILES string of the molecule is CCOc1ccc(C2/C(=C(\O)c3cc(OC)ccc3Cl)C(=O)C(=O)N2CCCN(C)C)cc1. The number of ether oxygens (including phenoxy) is 2. The first kappa shape index (κ1) is 24.6. The summed E-state index contributed by atoms with van der Waals surface area (Å²) in [5, 5.41) is 11.5. The van der Waals surface area contributed by atoms with Crippen LogP contribution in [0.5, 0.6) is 11.5 Å². The number of carbonyl (C=O) groups excluding carboxylic acids is 2. The molecule has 1 aliphatic heterocycles. The molecule has 176 valence electrons. The molecule has 1 N–H and O–H groups in total. The van der Waals surface area contributed by atoms with Gasteiger partial charge < -0.3 is 24.4 Å². The highest BCUT2D eigenvalue weighted by Gasteiger charge is 2.46. The Morgan fingerprint density at radius 2 is 1.79 bits per heavy atom. The molecular weight excluding hydrogens is 444 g/mol. The van der Waals surface area contributed by atoms with Crippen LogP contribution in [0.15, 0.2) is 48.0 Å². The number of halogens is 1. The third kappa shape index (κ3) is 5.31. The topological polar surface area (TPSA) is 79.3 Å². The molecule has 1 saturated heterocycles. The van der Waals surface area contributed by atoms with Crippen molar-refractivity contribution in [1.82, 2.24) is 9.80 Å². The third-order valence-corrected chi connectivity index (χ3v) is 5.81. The molecule has 1 aliphatic rings. The van der Waals surface area contributed by atoms with Gasteiger partial charge in [-0.05, 0) is 69.9 Å². The van der Waals surface area contributed by atoms with Crippen LogP contribution in [0.2, 0.25) is 5.02 Å². The van der Waals surface area contributed by atoms with Gasteiger partial charge in [-0.15, -0.1) is 0 Å². The van der Waals surface area contributed by atoms with E-state index in [0.29, 0.717) is 36.6 Å². The molecule has 0 radical (unpaired) electrons. The van der Waals surface area contributed by atoms with Crippen LogP contribution in [0.1, 0.15) is 30.5 Å². The second-order valence-corrected chi connectivity index (χ2v) is 8.40. The van der Waals surface area contributed by atoms with Crippen LogP contribution < -0.4 is 9.47 Å². The zero-order valence-electron chi connectivity index (χ0n) is 19.3. The lowest BCUT2D eigenvalue weighted by Crippen LogP contribution is -2.32. The molecule has 1 atom stereocenters. The molecule has 3 rings (SSSR count). The highest BCUT2D eigenvalue weighted by molar-refractivity contribution is 6.47. The molecule has 1 amide bonds. The summed E-state index contributed by atoms with van der Waals surface area (Å²) in [6.45, 7) is 3.53. The molecule has 1 heterocycles. The van der Waals surface area contributed by atoms with E-state index in [2.05, 4.69) is 0 Å². The number of carbonyl (C=O) groups is 2. The molecule has 0 bridgehead atoms. The first-order chi connectivity index (χ1) is 15.8. The number of likely N-dealkylation sites (tertiary alicyclic amines) is 1. The van der Waals surface area contributed by atoms with Crippen molar-refractivity contribution in [1.29, 1.82) is 0 Å². The molecule has 0 aromatic heterocycles. The summed E-state index contributed by atoms with van der Waals surface area (Å²) in [4.78, 5) is 29.7. The molecule has 7 nitrogen and oxygen atoms in total. The normalized spacial score (nSPS) is 17.6. The Balaban J connectivity index is 2.12. The van der Waals surface area contributed by atoms with Crippen LogP contribution >= 0.6 is 11.6 Å². The zero-order chi connectivity index (χ0) is 24.1. The van der Waals surface area contributed by atoms with Gasteiger partial charge in [-0.1, -0.05) is 23.7 Å². The van der Waals surface area contributed by atoms with E-state index in [1.165, 1.54) is 12.0 Å². The average molecular weight is 473 g/mol. The summed E-state index contributed by atoms with van der Waals surface area (Å²) >= 11 is 6.33. The number of Topliss-reactive ketones (excluding diaryl/α,β-unsaturated/α-hetero) is 1. The molecule has 1 unspecified atom stereocenters. The Bertz CT molecular complexity index is 1050. The number of rotatable bonds is 9. The molecule has 0 spiro atoms. The fourth-order valence-electron chi connectivity index (χ4n) is 3.89. The van der Waals surface area contributed by atoms with Crippen molar-refractivity contribution in [3.8, 4) is 11.5 Å². The van der Waals surface area contributed by atoms with Crippen LogP contribution in [0.3, 0.4) is 0 Å². The van der Waals surface area contributed by atoms with Crippen molar-refractivity contribution < 1.29 is 24.2 Å². The fraction of sp³-hybridized carbons (Fsp3) is 0.360. The van der Waals surface area contributed by atoms with Crippen molar-refractivity contribution in [2.45, 2.75) is 19.4 Å². The Morgan fingerprint density at radius 3 is 2.39 bits per heavy atom. The van der Waals surface area contributed by atoms with Crippen LogP contribution in [0.25, 0.3) is 5.76 Å². The van der Waals surface area contributed by atoms with E-state index < -0.39 is 17.7 Å². The molecule has 2 aromatic rings.